The molecule has 6 heteroatoms. The molecule has 1 unspecified atom stereocenters. The van der Waals surface area contributed by atoms with Gasteiger partial charge in [0.1, 0.15) is 11.5 Å². The van der Waals surface area contributed by atoms with Crippen molar-refractivity contribution in [2.24, 2.45) is 0 Å². The SMILES string of the molecule is COc1cc(OC)cc(C(=O)NCC(c2ccc(N(C)C)cc2)N(C)C)c1. The molecule has 6 nitrogen and oxygen atoms in total. The van der Waals surface area contributed by atoms with E-state index >= 15 is 0 Å². The summed E-state index contributed by atoms with van der Waals surface area (Å²) in [5.41, 5.74) is 2.80. The molecule has 0 radical (unpaired) electrons. The highest BCUT2D eigenvalue weighted by molar-refractivity contribution is 5.95. The van der Waals surface area contributed by atoms with Gasteiger partial charge in [0.15, 0.2) is 0 Å². The maximum Gasteiger partial charge on any atom is 0.251 e. The van der Waals surface area contributed by atoms with Gasteiger partial charge < -0.3 is 24.6 Å². The summed E-state index contributed by atoms with van der Waals surface area (Å²) in [5, 5.41) is 3.02. The molecular formula is C21H29N3O3. The summed E-state index contributed by atoms with van der Waals surface area (Å²) in [6.07, 6.45) is 0. The van der Waals surface area contributed by atoms with Crippen molar-refractivity contribution in [2.75, 3.05) is 53.9 Å². The van der Waals surface area contributed by atoms with Gasteiger partial charge in [0, 0.05) is 38.0 Å². The molecule has 1 atom stereocenters. The fourth-order valence-corrected chi connectivity index (χ4v) is 2.82. The number of benzene rings is 2. The lowest BCUT2D eigenvalue weighted by Gasteiger charge is -2.26. The molecule has 2 aromatic rings. The lowest BCUT2D eigenvalue weighted by Crippen LogP contribution is -2.34. The van der Waals surface area contributed by atoms with Gasteiger partial charge in [-0.2, -0.15) is 0 Å². The third-order valence-corrected chi connectivity index (χ3v) is 4.49. The Morgan fingerprint density at radius 2 is 1.52 bits per heavy atom. The summed E-state index contributed by atoms with van der Waals surface area (Å²) in [6, 6.07) is 13.6. The summed E-state index contributed by atoms with van der Waals surface area (Å²) in [7, 11) is 11.2. The number of anilines is 1. The number of methoxy groups -OCH3 is 2. The van der Waals surface area contributed by atoms with Crippen LogP contribution in [0.1, 0.15) is 22.0 Å². The summed E-state index contributed by atoms with van der Waals surface area (Å²) in [6.45, 7) is 0.493. The number of nitrogens with zero attached hydrogens (tertiary/aromatic N) is 2. The standard InChI is InChI=1S/C21H29N3O3/c1-23(2)17-9-7-15(8-10-17)20(24(3)4)14-22-21(25)16-11-18(26-5)13-19(12-16)27-6/h7-13,20H,14H2,1-6H3,(H,22,25). The second-order valence-electron chi connectivity index (χ2n) is 6.78. The number of hydrogen-bond acceptors (Lipinski definition) is 5. The van der Waals surface area contributed by atoms with Crippen molar-refractivity contribution in [1.29, 1.82) is 0 Å². The molecule has 2 rings (SSSR count). The first kappa shape index (κ1) is 20.6. The normalized spacial score (nSPS) is 11.8. The Labute approximate surface area is 161 Å². The molecule has 0 saturated heterocycles. The molecule has 1 amide bonds. The monoisotopic (exact) mass is 371 g/mol. The Hall–Kier alpha value is -2.73. The third kappa shape index (κ3) is 5.37. The average molecular weight is 371 g/mol. The van der Waals surface area contributed by atoms with E-state index in [-0.39, 0.29) is 11.9 Å². The van der Waals surface area contributed by atoms with Gasteiger partial charge in [-0.15, -0.1) is 0 Å². The molecule has 0 fully saturated rings. The van der Waals surface area contributed by atoms with Crippen LogP contribution in [0.3, 0.4) is 0 Å². The van der Waals surface area contributed by atoms with Crippen molar-refractivity contribution in [3.63, 3.8) is 0 Å². The minimum absolute atomic E-state index is 0.0673. The first-order valence-corrected chi connectivity index (χ1v) is 8.80. The number of carbonyl (C=O) groups is 1. The zero-order valence-corrected chi connectivity index (χ0v) is 16.9. The zero-order chi connectivity index (χ0) is 20.0. The van der Waals surface area contributed by atoms with Gasteiger partial charge in [0.25, 0.3) is 5.91 Å². The van der Waals surface area contributed by atoms with E-state index in [0.29, 0.717) is 23.6 Å². The van der Waals surface area contributed by atoms with E-state index in [9.17, 15) is 4.79 Å². The highest BCUT2D eigenvalue weighted by atomic mass is 16.5. The van der Waals surface area contributed by atoms with Crippen LogP contribution in [-0.2, 0) is 0 Å². The number of rotatable bonds is 8. The number of hydrogen-bond donors (Lipinski definition) is 1. The first-order chi connectivity index (χ1) is 12.8. The van der Waals surface area contributed by atoms with Crippen molar-refractivity contribution in [3.05, 3.63) is 53.6 Å². The van der Waals surface area contributed by atoms with Gasteiger partial charge in [-0.1, -0.05) is 12.1 Å². The van der Waals surface area contributed by atoms with Gasteiger partial charge in [-0.3, -0.25) is 4.79 Å². The van der Waals surface area contributed by atoms with Crippen LogP contribution in [0.25, 0.3) is 0 Å². The summed E-state index contributed by atoms with van der Waals surface area (Å²) in [4.78, 5) is 16.8. The van der Waals surface area contributed by atoms with Crippen LogP contribution in [0.4, 0.5) is 5.69 Å². The molecule has 0 spiro atoms. The molecule has 0 bridgehead atoms. The van der Waals surface area contributed by atoms with E-state index in [1.54, 1.807) is 32.4 Å². The third-order valence-electron chi connectivity index (χ3n) is 4.49. The fourth-order valence-electron chi connectivity index (χ4n) is 2.82. The van der Waals surface area contributed by atoms with Crippen LogP contribution in [0.2, 0.25) is 0 Å². The van der Waals surface area contributed by atoms with Crippen LogP contribution in [-0.4, -0.2) is 59.8 Å². The minimum atomic E-state index is -0.163. The molecule has 0 saturated carbocycles. The molecule has 2 aromatic carbocycles. The molecule has 0 aliphatic rings. The fraction of sp³-hybridized carbons (Fsp3) is 0.381. The predicted octanol–water partition coefficient (Wildman–Crippen LogP) is 2.80. The molecule has 0 aliphatic carbocycles. The highest BCUT2D eigenvalue weighted by Crippen LogP contribution is 2.23. The van der Waals surface area contributed by atoms with Crippen molar-refractivity contribution in [1.82, 2.24) is 10.2 Å². The van der Waals surface area contributed by atoms with Crippen molar-refractivity contribution in [3.8, 4) is 11.5 Å². The van der Waals surface area contributed by atoms with E-state index in [1.807, 2.05) is 28.2 Å². The van der Waals surface area contributed by atoms with E-state index in [1.165, 1.54) is 0 Å². The lowest BCUT2D eigenvalue weighted by atomic mass is 10.0. The van der Waals surface area contributed by atoms with Gasteiger partial charge in [-0.25, -0.2) is 0 Å². The Balaban J connectivity index is 2.12. The van der Waals surface area contributed by atoms with Crippen LogP contribution < -0.4 is 19.7 Å². The van der Waals surface area contributed by atoms with Gasteiger partial charge >= 0.3 is 0 Å². The highest BCUT2D eigenvalue weighted by Gasteiger charge is 2.17. The van der Waals surface area contributed by atoms with Crippen molar-refractivity contribution >= 4 is 11.6 Å². The number of amides is 1. The maximum absolute atomic E-state index is 12.6. The molecular weight excluding hydrogens is 342 g/mol. The Morgan fingerprint density at radius 1 is 0.963 bits per heavy atom. The van der Waals surface area contributed by atoms with Gasteiger partial charge in [-0.05, 0) is 43.9 Å². The largest absolute Gasteiger partial charge is 0.497 e. The van der Waals surface area contributed by atoms with E-state index in [4.69, 9.17) is 9.47 Å². The predicted molar refractivity (Wildman–Crippen MR) is 109 cm³/mol. The average Bonchev–Trinajstić information content (AvgIpc) is 2.67. The first-order valence-electron chi connectivity index (χ1n) is 8.80. The van der Waals surface area contributed by atoms with Crippen LogP contribution in [0, 0.1) is 0 Å². The lowest BCUT2D eigenvalue weighted by molar-refractivity contribution is 0.0941. The second-order valence-corrected chi connectivity index (χ2v) is 6.78. The second kappa shape index (κ2) is 9.28. The molecule has 27 heavy (non-hydrogen) atoms. The summed E-state index contributed by atoms with van der Waals surface area (Å²) < 4.78 is 10.5. The maximum atomic E-state index is 12.6. The van der Waals surface area contributed by atoms with Crippen molar-refractivity contribution < 1.29 is 14.3 Å². The molecule has 0 heterocycles. The quantitative estimate of drug-likeness (QED) is 0.773. The van der Waals surface area contributed by atoms with E-state index in [2.05, 4.69) is 39.4 Å². The smallest absolute Gasteiger partial charge is 0.251 e. The number of carbonyl (C=O) groups excluding carboxylic acids is 1. The number of nitrogens with one attached hydrogen (secondary N) is 1. The number of likely N-dealkylation sites (N-methyl/N-ethyl adjacent to an activating group) is 1. The summed E-state index contributed by atoms with van der Waals surface area (Å²) in [5.74, 6) is 1.01. The summed E-state index contributed by atoms with van der Waals surface area (Å²) >= 11 is 0. The number of ether oxygens (including phenoxy) is 2. The van der Waals surface area contributed by atoms with E-state index in [0.717, 1.165) is 11.3 Å². The Morgan fingerprint density at radius 3 is 1.96 bits per heavy atom. The van der Waals surface area contributed by atoms with Crippen LogP contribution in [0.5, 0.6) is 11.5 Å². The molecule has 146 valence electrons. The molecule has 0 aromatic heterocycles. The Kier molecular flexibility index (Phi) is 7.07. The van der Waals surface area contributed by atoms with Crippen LogP contribution in [0.15, 0.2) is 42.5 Å². The Bertz CT molecular complexity index is 736. The van der Waals surface area contributed by atoms with Gasteiger partial charge in [0.2, 0.25) is 0 Å². The van der Waals surface area contributed by atoms with Gasteiger partial charge in [0.05, 0.1) is 20.3 Å². The molecule has 1 N–H and O–H groups in total. The molecule has 0 aliphatic heterocycles. The zero-order valence-electron chi connectivity index (χ0n) is 16.9. The minimum Gasteiger partial charge on any atom is -0.497 e. The topological polar surface area (TPSA) is 54.0 Å². The van der Waals surface area contributed by atoms with Crippen molar-refractivity contribution in [2.45, 2.75) is 6.04 Å². The van der Waals surface area contributed by atoms with E-state index < -0.39 is 0 Å². The van der Waals surface area contributed by atoms with Crippen LogP contribution >= 0.6 is 0 Å².